The minimum atomic E-state index is -4.41. The molecule has 8 heteroatoms. The molecule has 20 heavy (non-hydrogen) atoms. The van der Waals surface area contributed by atoms with Crippen LogP contribution in [0.25, 0.3) is 0 Å². The number of nitrogens with zero attached hydrogens (tertiary/aromatic N) is 1. The van der Waals surface area contributed by atoms with Crippen LogP contribution in [0.2, 0.25) is 0 Å². The van der Waals surface area contributed by atoms with Gasteiger partial charge in [0.15, 0.2) is 6.61 Å². The molecule has 0 atom stereocenters. The molecule has 0 aromatic carbocycles. The number of hydrogen-bond acceptors (Lipinski definition) is 4. The van der Waals surface area contributed by atoms with Crippen molar-refractivity contribution in [2.75, 3.05) is 26.7 Å². The Morgan fingerprint density at radius 2 is 2.10 bits per heavy atom. The van der Waals surface area contributed by atoms with E-state index >= 15 is 0 Å². The molecule has 0 bridgehead atoms. The Bertz CT molecular complexity index is 421. The quantitative estimate of drug-likeness (QED) is 0.745. The van der Waals surface area contributed by atoms with Crippen molar-refractivity contribution in [1.82, 2.24) is 15.6 Å². The van der Waals surface area contributed by atoms with E-state index in [1.807, 2.05) is 7.05 Å². The fraction of sp³-hybridized carbons (Fsp3) is 0.500. The smallest absolute Gasteiger partial charge is 0.422 e. The number of pyridine rings is 1. The second-order valence-corrected chi connectivity index (χ2v) is 4.00. The summed E-state index contributed by atoms with van der Waals surface area (Å²) < 4.78 is 40.2. The van der Waals surface area contributed by atoms with E-state index < -0.39 is 12.8 Å². The van der Waals surface area contributed by atoms with E-state index in [1.54, 1.807) is 0 Å². The number of amides is 1. The van der Waals surface area contributed by atoms with Gasteiger partial charge in [0.1, 0.15) is 0 Å². The number of ether oxygens (including phenoxy) is 1. The lowest BCUT2D eigenvalue weighted by atomic mass is 10.2. The highest BCUT2D eigenvalue weighted by atomic mass is 19.4. The average Bonchev–Trinajstić information content (AvgIpc) is 2.41. The van der Waals surface area contributed by atoms with E-state index in [4.69, 9.17) is 0 Å². The minimum Gasteiger partial charge on any atom is -0.468 e. The Morgan fingerprint density at radius 3 is 2.65 bits per heavy atom. The summed E-state index contributed by atoms with van der Waals surface area (Å²) in [5.41, 5.74) is 0.272. The third kappa shape index (κ3) is 6.37. The van der Waals surface area contributed by atoms with E-state index in [9.17, 15) is 18.0 Å². The minimum absolute atomic E-state index is 0.172. The highest BCUT2D eigenvalue weighted by Crippen LogP contribution is 2.16. The number of carbonyl (C=O) groups excluding carboxylic acids is 1. The number of alkyl halides is 3. The first kappa shape index (κ1) is 16.2. The van der Waals surface area contributed by atoms with Gasteiger partial charge < -0.3 is 15.4 Å². The molecule has 1 aromatic rings. The molecule has 0 unspecified atom stereocenters. The predicted molar refractivity (Wildman–Crippen MR) is 66.7 cm³/mol. The maximum Gasteiger partial charge on any atom is 0.422 e. The van der Waals surface area contributed by atoms with Crippen LogP contribution in [0.1, 0.15) is 16.8 Å². The first-order valence-corrected chi connectivity index (χ1v) is 6.01. The van der Waals surface area contributed by atoms with Crippen LogP contribution in [0.4, 0.5) is 13.2 Å². The van der Waals surface area contributed by atoms with Gasteiger partial charge in [0, 0.05) is 18.8 Å². The van der Waals surface area contributed by atoms with Crippen LogP contribution < -0.4 is 15.4 Å². The monoisotopic (exact) mass is 291 g/mol. The summed E-state index contributed by atoms with van der Waals surface area (Å²) in [6, 6.07) is 2.60. The zero-order valence-electron chi connectivity index (χ0n) is 11.0. The van der Waals surface area contributed by atoms with Gasteiger partial charge in [-0.05, 0) is 26.1 Å². The summed E-state index contributed by atoms with van der Waals surface area (Å²) in [6.45, 7) is -0.121. The van der Waals surface area contributed by atoms with Crippen molar-refractivity contribution >= 4 is 5.91 Å². The van der Waals surface area contributed by atoms with Crippen molar-refractivity contribution in [3.05, 3.63) is 23.9 Å². The van der Waals surface area contributed by atoms with E-state index in [0.29, 0.717) is 6.54 Å². The van der Waals surface area contributed by atoms with Gasteiger partial charge in [-0.1, -0.05) is 0 Å². The Labute approximate surface area is 114 Å². The molecule has 1 heterocycles. The zero-order chi connectivity index (χ0) is 15.0. The van der Waals surface area contributed by atoms with Crippen LogP contribution >= 0.6 is 0 Å². The van der Waals surface area contributed by atoms with E-state index in [-0.39, 0.29) is 17.4 Å². The van der Waals surface area contributed by atoms with Crippen molar-refractivity contribution in [1.29, 1.82) is 0 Å². The predicted octanol–water partition coefficient (Wildman–Crippen LogP) is 1.36. The van der Waals surface area contributed by atoms with Gasteiger partial charge in [-0.25, -0.2) is 4.98 Å². The fourth-order valence-electron chi connectivity index (χ4n) is 1.32. The third-order valence-corrected chi connectivity index (χ3v) is 2.27. The van der Waals surface area contributed by atoms with Crippen molar-refractivity contribution in [3.8, 4) is 5.88 Å². The van der Waals surface area contributed by atoms with Crippen LogP contribution in [0.3, 0.4) is 0 Å². The summed E-state index contributed by atoms with van der Waals surface area (Å²) in [7, 11) is 1.81. The molecule has 1 amide bonds. The van der Waals surface area contributed by atoms with Crippen LogP contribution in [-0.2, 0) is 0 Å². The Kier molecular flexibility index (Phi) is 6.23. The SMILES string of the molecule is CNCCCNC(=O)c1ccc(OCC(F)(F)F)nc1. The molecule has 0 spiro atoms. The summed E-state index contributed by atoms with van der Waals surface area (Å²) >= 11 is 0. The molecule has 0 aliphatic rings. The molecule has 2 N–H and O–H groups in total. The van der Waals surface area contributed by atoms with Crippen molar-refractivity contribution in [3.63, 3.8) is 0 Å². The Balaban J connectivity index is 2.43. The standard InChI is InChI=1S/C12H16F3N3O2/c1-16-5-2-6-17-11(19)9-3-4-10(18-7-9)20-8-12(13,14)15/h3-4,7,16H,2,5-6,8H2,1H3,(H,17,19). The van der Waals surface area contributed by atoms with Crippen molar-refractivity contribution in [2.45, 2.75) is 12.6 Å². The van der Waals surface area contributed by atoms with Crippen LogP contribution in [0, 0.1) is 0 Å². The molecule has 112 valence electrons. The van der Waals surface area contributed by atoms with Gasteiger partial charge >= 0.3 is 6.18 Å². The third-order valence-electron chi connectivity index (χ3n) is 2.27. The summed E-state index contributed by atoms with van der Waals surface area (Å²) in [5.74, 6) is -0.495. The Hall–Kier alpha value is -1.83. The molecule has 5 nitrogen and oxygen atoms in total. The molecular formula is C12H16F3N3O2. The lowest BCUT2D eigenvalue weighted by molar-refractivity contribution is -0.154. The van der Waals surface area contributed by atoms with E-state index in [0.717, 1.165) is 13.0 Å². The van der Waals surface area contributed by atoms with Gasteiger partial charge in [0.2, 0.25) is 5.88 Å². The van der Waals surface area contributed by atoms with Gasteiger partial charge in [-0.3, -0.25) is 4.79 Å². The summed E-state index contributed by atoms with van der Waals surface area (Å²) in [5, 5.41) is 5.61. The van der Waals surface area contributed by atoms with Gasteiger partial charge in [-0.2, -0.15) is 13.2 Å². The molecule has 0 aliphatic carbocycles. The molecule has 0 radical (unpaired) electrons. The number of hydrogen-bond donors (Lipinski definition) is 2. The van der Waals surface area contributed by atoms with Gasteiger partial charge in [-0.15, -0.1) is 0 Å². The van der Waals surface area contributed by atoms with Gasteiger partial charge in [0.05, 0.1) is 5.56 Å². The number of aromatic nitrogens is 1. The molecule has 0 saturated heterocycles. The first-order chi connectivity index (χ1) is 9.42. The van der Waals surface area contributed by atoms with E-state index in [1.165, 1.54) is 18.3 Å². The molecule has 0 saturated carbocycles. The fourth-order valence-corrected chi connectivity index (χ4v) is 1.32. The van der Waals surface area contributed by atoms with Crippen LogP contribution in [-0.4, -0.2) is 43.8 Å². The van der Waals surface area contributed by atoms with Crippen LogP contribution in [0.15, 0.2) is 18.3 Å². The first-order valence-electron chi connectivity index (χ1n) is 6.01. The molecular weight excluding hydrogens is 275 g/mol. The van der Waals surface area contributed by atoms with E-state index in [2.05, 4.69) is 20.4 Å². The van der Waals surface area contributed by atoms with Gasteiger partial charge in [0.25, 0.3) is 5.91 Å². The largest absolute Gasteiger partial charge is 0.468 e. The number of halogens is 3. The number of nitrogens with one attached hydrogen (secondary N) is 2. The Morgan fingerprint density at radius 1 is 1.35 bits per heavy atom. The average molecular weight is 291 g/mol. The molecule has 1 rings (SSSR count). The summed E-state index contributed by atoms with van der Waals surface area (Å²) in [4.78, 5) is 15.3. The molecule has 1 aromatic heterocycles. The number of carbonyl (C=O) groups is 1. The zero-order valence-corrected chi connectivity index (χ0v) is 11.0. The molecule has 0 aliphatic heterocycles. The topological polar surface area (TPSA) is 63.2 Å². The maximum absolute atomic E-state index is 11.9. The second kappa shape index (κ2) is 7.68. The highest BCUT2D eigenvalue weighted by Gasteiger charge is 2.28. The van der Waals surface area contributed by atoms with Crippen molar-refractivity contribution < 1.29 is 22.7 Å². The molecule has 0 fully saturated rings. The maximum atomic E-state index is 11.9. The lowest BCUT2D eigenvalue weighted by Crippen LogP contribution is -2.26. The lowest BCUT2D eigenvalue weighted by Gasteiger charge is -2.09. The van der Waals surface area contributed by atoms with Crippen LogP contribution in [0.5, 0.6) is 5.88 Å². The van der Waals surface area contributed by atoms with Crippen molar-refractivity contribution in [2.24, 2.45) is 0 Å². The second-order valence-electron chi connectivity index (χ2n) is 4.00. The highest BCUT2D eigenvalue weighted by molar-refractivity contribution is 5.93. The number of rotatable bonds is 7. The normalized spacial score (nSPS) is 11.2. The summed E-state index contributed by atoms with van der Waals surface area (Å²) in [6.07, 6.45) is -2.45.